The van der Waals surface area contributed by atoms with Gasteiger partial charge in [-0.2, -0.15) is 4.72 Å². The molecule has 1 atom stereocenters. The monoisotopic (exact) mass is 305 g/mol. The zero-order valence-electron chi connectivity index (χ0n) is 10.7. The number of carboxylic acid groups (broad SMARTS) is 1. The molecular weight excluding hydrogens is 290 g/mol. The van der Waals surface area contributed by atoms with Gasteiger partial charge in [-0.1, -0.05) is 31.0 Å². The van der Waals surface area contributed by atoms with Crippen LogP contribution in [0.3, 0.4) is 0 Å². The van der Waals surface area contributed by atoms with Gasteiger partial charge < -0.3 is 5.11 Å². The molecule has 7 heteroatoms. The highest BCUT2D eigenvalue weighted by molar-refractivity contribution is 7.89. The van der Waals surface area contributed by atoms with Crippen molar-refractivity contribution in [2.45, 2.75) is 37.6 Å². The molecule has 1 rings (SSSR count). The fourth-order valence-electron chi connectivity index (χ4n) is 1.60. The first-order valence-electron chi connectivity index (χ1n) is 5.79. The van der Waals surface area contributed by atoms with Crippen molar-refractivity contribution in [2.24, 2.45) is 0 Å². The summed E-state index contributed by atoms with van der Waals surface area (Å²) in [7, 11) is -3.94. The lowest BCUT2D eigenvalue weighted by molar-refractivity contribution is -0.139. The Kier molecular flexibility index (Phi) is 5.34. The molecule has 0 radical (unpaired) electrons. The third-order valence-electron chi connectivity index (χ3n) is 2.55. The van der Waals surface area contributed by atoms with E-state index < -0.39 is 22.0 Å². The predicted molar refractivity (Wildman–Crippen MR) is 72.8 cm³/mol. The number of aryl methyl sites for hydroxylation is 1. The molecule has 19 heavy (non-hydrogen) atoms. The minimum atomic E-state index is -3.94. The van der Waals surface area contributed by atoms with Crippen molar-refractivity contribution < 1.29 is 18.3 Å². The Morgan fingerprint density at radius 2 is 2.11 bits per heavy atom. The molecule has 106 valence electrons. The van der Waals surface area contributed by atoms with E-state index in [2.05, 4.69) is 4.72 Å². The van der Waals surface area contributed by atoms with Crippen molar-refractivity contribution in [2.75, 3.05) is 0 Å². The van der Waals surface area contributed by atoms with E-state index in [1.54, 1.807) is 19.9 Å². The molecule has 0 spiro atoms. The van der Waals surface area contributed by atoms with E-state index in [1.807, 2.05) is 0 Å². The Balaban J connectivity index is 3.06. The first-order chi connectivity index (χ1) is 8.77. The number of aliphatic carboxylic acids is 1. The van der Waals surface area contributed by atoms with Crippen LogP contribution >= 0.6 is 11.6 Å². The van der Waals surface area contributed by atoms with Crippen LogP contribution < -0.4 is 4.72 Å². The zero-order valence-corrected chi connectivity index (χ0v) is 12.3. The molecule has 0 aliphatic heterocycles. The summed E-state index contributed by atoms with van der Waals surface area (Å²) < 4.78 is 26.3. The average molecular weight is 306 g/mol. The van der Waals surface area contributed by atoms with Gasteiger partial charge in [-0.15, -0.1) is 0 Å². The van der Waals surface area contributed by atoms with E-state index >= 15 is 0 Å². The third-order valence-corrected chi connectivity index (χ3v) is 4.50. The maximum atomic E-state index is 12.1. The van der Waals surface area contributed by atoms with Crippen LogP contribution in [0.15, 0.2) is 23.1 Å². The topological polar surface area (TPSA) is 83.5 Å². The Hall–Kier alpha value is -1.11. The summed E-state index contributed by atoms with van der Waals surface area (Å²) in [5.74, 6) is -1.20. The molecule has 0 unspecified atom stereocenters. The van der Waals surface area contributed by atoms with Crippen molar-refractivity contribution in [1.29, 1.82) is 0 Å². The van der Waals surface area contributed by atoms with Gasteiger partial charge in [-0.25, -0.2) is 8.42 Å². The van der Waals surface area contributed by atoms with Gasteiger partial charge >= 0.3 is 5.97 Å². The van der Waals surface area contributed by atoms with Crippen molar-refractivity contribution in [3.8, 4) is 0 Å². The van der Waals surface area contributed by atoms with Crippen LogP contribution in [0, 0.1) is 6.92 Å². The number of benzene rings is 1. The molecule has 2 N–H and O–H groups in total. The van der Waals surface area contributed by atoms with Crippen molar-refractivity contribution in [3.05, 3.63) is 28.8 Å². The smallest absolute Gasteiger partial charge is 0.321 e. The quantitative estimate of drug-likeness (QED) is 0.844. The molecule has 0 aliphatic rings. The SMILES string of the molecule is CCC[C@H](NS(=O)(=O)c1ccc(C)cc1Cl)C(=O)O. The van der Waals surface area contributed by atoms with Crippen molar-refractivity contribution in [1.82, 2.24) is 4.72 Å². The van der Waals surface area contributed by atoms with Gasteiger partial charge in [0.15, 0.2) is 0 Å². The van der Waals surface area contributed by atoms with Gasteiger partial charge in [0.1, 0.15) is 10.9 Å². The predicted octanol–water partition coefficient (Wildman–Crippen LogP) is 2.18. The maximum Gasteiger partial charge on any atom is 0.321 e. The number of hydrogen-bond acceptors (Lipinski definition) is 3. The normalized spacial score (nSPS) is 13.2. The number of rotatable bonds is 6. The molecule has 0 heterocycles. The van der Waals surface area contributed by atoms with E-state index in [4.69, 9.17) is 16.7 Å². The summed E-state index contributed by atoms with van der Waals surface area (Å²) in [5.41, 5.74) is 0.826. The number of halogens is 1. The molecular formula is C12H16ClNO4S. The molecule has 5 nitrogen and oxygen atoms in total. The minimum Gasteiger partial charge on any atom is -0.480 e. The molecule has 0 amide bonds. The van der Waals surface area contributed by atoms with Crippen LogP contribution in [0.4, 0.5) is 0 Å². The number of carboxylic acids is 1. The lowest BCUT2D eigenvalue weighted by Crippen LogP contribution is -2.40. The van der Waals surface area contributed by atoms with Gasteiger partial charge in [0, 0.05) is 0 Å². The second-order valence-electron chi connectivity index (χ2n) is 4.23. The average Bonchev–Trinajstić information content (AvgIpc) is 2.27. The van der Waals surface area contributed by atoms with Crippen molar-refractivity contribution in [3.63, 3.8) is 0 Å². The minimum absolute atomic E-state index is 0.0770. The van der Waals surface area contributed by atoms with Crippen LogP contribution in [0.5, 0.6) is 0 Å². The fourth-order valence-corrected chi connectivity index (χ4v) is 3.42. The summed E-state index contributed by atoms with van der Waals surface area (Å²) in [6.07, 6.45) is 0.777. The zero-order chi connectivity index (χ0) is 14.6. The van der Waals surface area contributed by atoms with Crippen LogP contribution in [0.2, 0.25) is 5.02 Å². The lowest BCUT2D eigenvalue weighted by Gasteiger charge is -2.14. The van der Waals surface area contributed by atoms with Gasteiger partial charge in [0.05, 0.1) is 5.02 Å². The van der Waals surface area contributed by atoms with Gasteiger partial charge in [0.2, 0.25) is 10.0 Å². The second-order valence-corrected chi connectivity index (χ2v) is 6.32. The Labute approximate surface area is 117 Å². The molecule has 0 aliphatic carbocycles. The van der Waals surface area contributed by atoms with E-state index in [0.717, 1.165) is 5.56 Å². The molecule has 1 aromatic carbocycles. The summed E-state index contributed by atoms with van der Waals surface area (Å²) >= 11 is 5.89. The number of carbonyl (C=O) groups is 1. The van der Waals surface area contributed by atoms with E-state index in [1.165, 1.54) is 12.1 Å². The third kappa shape index (κ3) is 4.19. The summed E-state index contributed by atoms with van der Waals surface area (Å²) in [5, 5.41) is 9.05. The Bertz CT molecular complexity index is 571. The number of sulfonamides is 1. The summed E-state index contributed by atoms with van der Waals surface area (Å²) in [4.78, 5) is 10.9. The molecule has 0 saturated heterocycles. The Morgan fingerprint density at radius 3 is 2.58 bits per heavy atom. The molecule has 0 aromatic heterocycles. The summed E-state index contributed by atoms with van der Waals surface area (Å²) in [6.45, 7) is 3.57. The van der Waals surface area contributed by atoms with Crippen molar-refractivity contribution >= 4 is 27.6 Å². The fraction of sp³-hybridized carbons (Fsp3) is 0.417. The second kappa shape index (κ2) is 6.36. The van der Waals surface area contributed by atoms with Gasteiger partial charge in [-0.05, 0) is 31.0 Å². The van der Waals surface area contributed by atoms with Crippen LogP contribution in [0.1, 0.15) is 25.3 Å². The highest BCUT2D eigenvalue weighted by Crippen LogP contribution is 2.22. The molecule has 1 aromatic rings. The standard InChI is InChI=1S/C12H16ClNO4S/c1-3-4-10(12(15)16)14-19(17,18)11-6-5-8(2)7-9(11)13/h5-7,10,14H,3-4H2,1-2H3,(H,15,16)/t10-/m0/s1. The molecule has 0 fully saturated rings. The van der Waals surface area contributed by atoms with Crippen LogP contribution in [-0.4, -0.2) is 25.5 Å². The van der Waals surface area contributed by atoms with Crippen LogP contribution in [-0.2, 0) is 14.8 Å². The summed E-state index contributed by atoms with van der Waals surface area (Å²) in [6, 6.07) is 3.35. The largest absolute Gasteiger partial charge is 0.480 e. The first kappa shape index (κ1) is 15.9. The highest BCUT2D eigenvalue weighted by atomic mass is 35.5. The maximum absolute atomic E-state index is 12.1. The van der Waals surface area contributed by atoms with E-state index in [0.29, 0.717) is 6.42 Å². The molecule has 0 bridgehead atoms. The van der Waals surface area contributed by atoms with E-state index in [-0.39, 0.29) is 16.3 Å². The van der Waals surface area contributed by atoms with Gasteiger partial charge in [-0.3, -0.25) is 4.79 Å². The lowest BCUT2D eigenvalue weighted by atomic mass is 10.2. The molecule has 0 saturated carbocycles. The first-order valence-corrected chi connectivity index (χ1v) is 7.65. The number of hydrogen-bond donors (Lipinski definition) is 2. The van der Waals surface area contributed by atoms with Crippen LogP contribution in [0.25, 0.3) is 0 Å². The number of nitrogens with one attached hydrogen (secondary N) is 1. The Morgan fingerprint density at radius 1 is 1.47 bits per heavy atom. The highest BCUT2D eigenvalue weighted by Gasteiger charge is 2.26. The van der Waals surface area contributed by atoms with E-state index in [9.17, 15) is 13.2 Å². The van der Waals surface area contributed by atoms with Gasteiger partial charge in [0.25, 0.3) is 0 Å².